The van der Waals surface area contributed by atoms with E-state index >= 15 is 0 Å². The van der Waals surface area contributed by atoms with Crippen LogP contribution in [0.3, 0.4) is 0 Å². The van der Waals surface area contributed by atoms with Gasteiger partial charge in [-0.2, -0.15) is 18.3 Å². The fourth-order valence-corrected chi connectivity index (χ4v) is 2.37. The molecule has 11 heteroatoms. The molecule has 154 valence electrons. The maximum atomic E-state index is 12.8. The van der Waals surface area contributed by atoms with Crippen molar-refractivity contribution < 1.29 is 32.2 Å². The molecule has 2 rings (SSSR count). The number of hydrogen-bond donors (Lipinski definition) is 2. The van der Waals surface area contributed by atoms with Gasteiger partial charge < -0.3 is 14.8 Å². The van der Waals surface area contributed by atoms with Crippen molar-refractivity contribution in [2.24, 2.45) is 5.10 Å². The first-order valence-electron chi connectivity index (χ1n) is 7.89. The molecule has 0 bridgehead atoms. The summed E-state index contributed by atoms with van der Waals surface area (Å²) in [7, 11) is 2.92. The van der Waals surface area contributed by atoms with Crippen LogP contribution in [0.5, 0.6) is 11.5 Å². The zero-order valence-corrected chi connectivity index (χ0v) is 15.9. The van der Waals surface area contributed by atoms with Gasteiger partial charge in [-0.3, -0.25) is 9.59 Å². The third-order valence-electron chi connectivity index (χ3n) is 3.55. The summed E-state index contributed by atoms with van der Waals surface area (Å²) < 4.78 is 48.8. The number of halogens is 4. The average Bonchev–Trinajstić information content (AvgIpc) is 2.68. The Balaban J connectivity index is 2.03. The molecule has 0 aliphatic heterocycles. The molecule has 2 N–H and O–H groups in total. The lowest BCUT2D eigenvalue weighted by Crippen LogP contribution is -2.32. The first-order chi connectivity index (χ1) is 13.7. The van der Waals surface area contributed by atoms with Crippen molar-refractivity contribution in [3.63, 3.8) is 0 Å². The Morgan fingerprint density at radius 3 is 2.41 bits per heavy atom. The summed E-state index contributed by atoms with van der Waals surface area (Å²) in [6, 6.07) is 7.56. The molecule has 2 aromatic carbocycles. The smallest absolute Gasteiger partial charge is 0.417 e. The minimum absolute atomic E-state index is 0.248. The Kier molecular flexibility index (Phi) is 7.05. The van der Waals surface area contributed by atoms with Gasteiger partial charge in [-0.25, -0.2) is 5.43 Å². The van der Waals surface area contributed by atoms with Gasteiger partial charge in [0.25, 0.3) is 0 Å². The van der Waals surface area contributed by atoms with E-state index in [1.165, 1.54) is 20.4 Å². The number of rotatable bonds is 5. The molecule has 2 aromatic rings. The number of carbonyl (C=O) groups excluding carboxylic acids is 2. The number of amides is 2. The highest BCUT2D eigenvalue weighted by Crippen LogP contribution is 2.36. The maximum absolute atomic E-state index is 12.8. The van der Waals surface area contributed by atoms with Gasteiger partial charge in [-0.05, 0) is 30.3 Å². The van der Waals surface area contributed by atoms with E-state index in [0.29, 0.717) is 23.1 Å². The molecule has 0 spiro atoms. The third-order valence-corrected chi connectivity index (χ3v) is 3.88. The lowest BCUT2D eigenvalue weighted by molar-refractivity contribution is -0.137. The van der Waals surface area contributed by atoms with Gasteiger partial charge in [0.15, 0.2) is 0 Å². The molecule has 0 radical (unpaired) electrons. The van der Waals surface area contributed by atoms with Crippen LogP contribution in [0.1, 0.15) is 11.1 Å². The second-order valence-corrected chi connectivity index (χ2v) is 5.86. The van der Waals surface area contributed by atoms with Crippen LogP contribution in [0, 0.1) is 0 Å². The monoisotopic (exact) mass is 429 g/mol. The first-order valence-corrected chi connectivity index (χ1v) is 8.26. The number of ether oxygens (including phenoxy) is 2. The molecule has 0 saturated carbocycles. The Labute approximate surface area is 168 Å². The highest BCUT2D eigenvalue weighted by Gasteiger charge is 2.33. The van der Waals surface area contributed by atoms with Crippen LogP contribution < -0.4 is 20.2 Å². The molecule has 2 amide bonds. The van der Waals surface area contributed by atoms with Gasteiger partial charge >= 0.3 is 18.0 Å². The van der Waals surface area contributed by atoms with E-state index in [2.05, 4.69) is 5.10 Å². The van der Waals surface area contributed by atoms with E-state index < -0.39 is 28.6 Å². The fraction of sp³-hybridized carbons (Fsp3) is 0.167. The maximum Gasteiger partial charge on any atom is 0.417 e. The van der Waals surface area contributed by atoms with E-state index in [4.69, 9.17) is 21.1 Å². The van der Waals surface area contributed by atoms with Crippen LogP contribution in [0.2, 0.25) is 5.02 Å². The number of anilines is 1. The highest BCUT2D eigenvalue weighted by molar-refractivity contribution is 6.39. The Morgan fingerprint density at radius 1 is 1.07 bits per heavy atom. The minimum Gasteiger partial charge on any atom is -0.497 e. The summed E-state index contributed by atoms with van der Waals surface area (Å²) >= 11 is 5.50. The number of carbonyl (C=O) groups is 2. The van der Waals surface area contributed by atoms with E-state index in [1.807, 2.05) is 10.7 Å². The zero-order valence-electron chi connectivity index (χ0n) is 15.1. The molecule has 7 nitrogen and oxygen atoms in total. The summed E-state index contributed by atoms with van der Waals surface area (Å²) in [4.78, 5) is 23.7. The Bertz CT molecular complexity index is 948. The van der Waals surface area contributed by atoms with Crippen LogP contribution in [-0.2, 0) is 15.8 Å². The number of hydrogen-bond acceptors (Lipinski definition) is 5. The molecule has 0 atom stereocenters. The van der Waals surface area contributed by atoms with Crippen molar-refractivity contribution in [2.45, 2.75) is 6.18 Å². The molecular formula is C18H15ClF3N3O4. The molecule has 0 aliphatic rings. The van der Waals surface area contributed by atoms with Gasteiger partial charge in [-0.15, -0.1) is 0 Å². The largest absolute Gasteiger partial charge is 0.497 e. The van der Waals surface area contributed by atoms with Gasteiger partial charge in [0, 0.05) is 17.3 Å². The molecule has 0 aliphatic carbocycles. The second kappa shape index (κ2) is 9.28. The molecule has 29 heavy (non-hydrogen) atoms. The normalized spacial score (nSPS) is 11.2. The number of alkyl halides is 3. The van der Waals surface area contributed by atoms with Gasteiger partial charge in [-0.1, -0.05) is 11.6 Å². The quantitative estimate of drug-likeness (QED) is 0.433. The molecule has 0 heterocycles. The van der Waals surface area contributed by atoms with Gasteiger partial charge in [0.2, 0.25) is 0 Å². The Morgan fingerprint density at radius 2 is 1.79 bits per heavy atom. The van der Waals surface area contributed by atoms with E-state index in [1.54, 1.807) is 18.2 Å². The van der Waals surface area contributed by atoms with E-state index in [0.717, 1.165) is 12.1 Å². The molecule has 0 unspecified atom stereocenters. The fourth-order valence-electron chi connectivity index (χ4n) is 2.14. The van der Waals surface area contributed by atoms with Crippen molar-refractivity contribution in [3.05, 3.63) is 52.5 Å². The van der Waals surface area contributed by atoms with Crippen molar-refractivity contribution in [2.75, 3.05) is 19.5 Å². The molecular weight excluding hydrogens is 415 g/mol. The van der Waals surface area contributed by atoms with Crippen molar-refractivity contribution in [1.29, 1.82) is 0 Å². The first kappa shape index (κ1) is 22.0. The van der Waals surface area contributed by atoms with E-state index in [-0.39, 0.29) is 5.69 Å². The highest BCUT2D eigenvalue weighted by atomic mass is 35.5. The van der Waals surface area contributed by atoms with Crippen LogP contribution in [0.4, 0.5) is 18.9 Å². The van der Waals surface area contributed by atoms with Crippen LogP contribution in [-0.4, -0.2) is 32.2 Å². The Hall–Kier alpha value is -3.27. The summed E-state index contributed by atoms with van der Waals surface area (Å²) in [6.45, 7) is 0. The van der Waals surface area contributed by atoms with Crippen LogP contribution >= 0.6 is 11.6 Å². The van der Waals surface area contributed by atoms with Crippen LogP contribution in [0.25, 0.3) is 0 Å². The number of methoxy groups -OCH3 is 2. The number of hydrazone groups is 1. The minimum atomic E-state index is -4.71. The predicted octanol–water partition coefficient (Wildman–Crippen LogP) is 3.46. The predicted molar refractivity (Wildman–Crippen MR) is 100 cm³/mol. The van der Waals surface area contributed by atoms with Crippen molar-refractivity contribution in [3.8, 4) is 11.5 Å². The summed E-state index contributed by atoms with van der Waals surface area (Å²) in [5.41, 5.74) is 1.07. The zero-order chi connectivity index (χ0) is 21.6. The van der Waals surface area contributed by atoms with Crippen molar-refractivity contribution >= 4 is 35.3 Å². The van der Waals surface area contributed by atoms with Crippen molar-refractivity contribution in [1.82, 2.24) is 5.43 Å². The van der Waals surface area contributed by atoms with Gasteiger partial charge in [0.1, 0.15) is 11.5 Å². The summed E-state index contributed by atoms with van der Waals surface area (Å²) in [6.07, 6.45) is -3.48. The molecule has 0 aromatic heterocycles. The molecule has 0 saturated heterocycles. The van der Waals surface area contributed by atoms with Crippen LogP contribution in [0.15, 0.2) is 41.5 Å². The number of nitrogens with one attached hydrogen (secondary N) is 2. The lowest BCUT2D eigenvalue weighted by Gasteiger charge is -2.11. The molecule has 0 fully saturated rings. The number of nitrogens with zero attached hydrogens (tertiary/aromatic N) is 1. The second-order valence-electron chi connectivity index (χ2n) is 5.45. The SMILES string of the molecule is COc1ccc(C=NNC(=O)C(=O)Nc2ccc(Cl)c(C(F)(F)F)c2)c(OC)c1. The third kappa shape index (κ3) is 5.85. The standard InChI is InChI=1S/C18H15ClF3N3O4/c1-28-12-5-3-10(15(8-12)29-2)9-23-25-17(27)16(26)24-11-4-6-14(19)13(7-11)18(20,21)22/h3-9H,1-2H3,(H,24,26)(H,25,27). The summed E-state index contributed by atoms with van der Waals surface area (Å²) in [5, 5.41) is 5.15. The summed E-state index contributed by atoms with van der Waals surface area (Å²) in [5.74, 6) is -1.44. The average molecular weight is 430 g/mol. The van der Waals surface area contributed by atoms with Gasteiger partial charge in [0.05, 0.1) is 31.0 Å². The topological polar surface area (TPSA) is 89.0 Å². The number of benzene rings is 2. The lowest BCUT2D eigenvalue weighted by atomic mass is 10.2. The van der Waals surface area contributed by atoms with E-state index in [9.17, 15) is 22.8 Å².